The van der Waals surface area contributed by atoms with Gasteiger partial charge < -0.3 is 10.4 Å². The summed E-state index contributed by atoms with van der Waals surface area (Å²) in [6.45, 7) is 2.94. The number of fused-ring (bicyclic) bond motifs is 2. The van der Waals surface area contributed by atoms with Crippen molar-refractivity contribution < 1.29 is 14.7 Å². The second kappa shape index (κ2) is 11.0. The minimum absolute atomic E-state index is 0.1000. The summed E-state index contributed by atoms with van der Waals surface area (Å²) in [5.41, 5.74) is 4.68. The predicted molar refractivity (Wildman–Crippen MR) is 184 cm³/mol. The summed E-state index contributed by atoms with van der Waals surface area (Å²) in [4.78, 5) is 39.4. The molecule has 4 aliphatic carbocycles. The first-order valence-electron chi connectivity index (χ1n) is 16.5. The molecule has 4 aliphatic rings. The van der Waals surface area contributed by atoms with Crippen LogP contribution in [0.3, 0.4) is 0 Å². The molecule has 5 aromatic heterocycles. The number of anilines is 3. The normalized spacial score (nSPS) is 22.8. The number of para-hydroxylation sites is 1. The summed E-state index contributed by atoms with van der Waals surface area (Å²) in [7, 11) is 0. The van der Waals surface area contributed by atoms with Gasteiger partial charge in [-0.1, -0.05) is 23.5 Å². The van der Waals surface area contributed by atoms with Gasteiger partial charge in [0.25, 0.3) is 5.91 Å². The average molecular weight is 659 g/mol. The van der Waals surface area contributed by atoms with Crippen molar-refractivity contribution in [2.45, 2.75) is 52.0 Å². The fourth-order valence-corrected chi connectivity index (χ4v) is 10.0. The number of nitrogens with one attached hydrogen (secondary N) is 2. The number of aromatic nitrogens is 6. The van der Waals surface area contributed by atoms with Crippen molar-refractivity contribution in [3.05, 3.63) is 84.2 Å². The third kappa shape index (κ3) is 4.85. The molecule has 0 aliphatic heterocycles. The average Bonchev–Trinajstić information content (AvgIpc) is 3.76. The molecule has 242 valence electrons. The number of imidazole rings is 1. The quantitative estimate of drug-likeness (QED) is 0.154. The SMILES string of the molecule is Cc1c(-c2ccn3c(Nc4cnccc4C(=O)Nc4nc5ccccc5s4)cnc3c2C(=O)O)cnn1CC12CC3CC(CC(C3)C1)C2. The van der Waals surface area contributed by atoms with Crippen LogP contribution >= 0.6 is 11.3 Å². The number of carbonyl (C=O) groups is 2. The molecule has 3 N–H and O–H groups in total. The van der Waals surface area contributed by atoms with Gasteiger partial charge in [-0.3, -0.25) is 24.2 Å². The Labute approximate surface area is 280 Å². The number of carboxylic acids is 1. The molecule has 5 heterocycles. The maximum absolute atomic E-state index is 13.4. The van der Waals surface area contributed by atoms with Gasteiger partial charge in [0.1, 0.15) is 11.4 Å². The van der Waals surface area contributed by atoms with Crippen LogP contribution in [0.2, 0.25) is 0 Å². The van der Waals surface area contributed by atoms with Gasteiger partial charge in [-0.15, -0.1) is 0 Å². The number of aromatic carboxylic acids is 1. The third-order valence-electron chi connectivity index (χ3n) is 10.8. The number of rotatable bonds is 8. The first-order chi connectivity index (χ1) is 23.3. The molecule has 10 rings (SSSR count). The van der Waals surface area contributed by atoms with E-state index in [2.05, 4.69) is 30.3 Å². The van der Waals surface area contributed by atoms with E-state index in [-0.39, 0.29) is 11.5 Å². The van der Waals surface area contributed by atoms with Crippen LogP contribution in [0.4, 0.5) is 16.6 Å². The van der Waals surface area contributed by atoms with Crippen LogP contribution in [-0.2, 0) is 6.54 Å². The van der Waals surface area contributed by atoms with E-state index in [1.54, 1.807) is 35.3 Å². The molecule has 0 atom stereocenters. The van der Waals surface area contributed by atoms with Gasteiger partial charge in [-0.2, -0.15) is 5.10 Å². The fourth-order valence-electron chi connectivity index (χ4n) is 9.17. The van der Waals surface area contributed by atoms with E-state index < -0.39 is 5.97 Å². The van der Waals surface area contributed by atoms with Crippen molar-refractivity contribution in [1.29, 1.82) is 0 Å². The molecule has 0 saturated heterocycles. The number of carboxylic acid groups (broad SMARTS) is 1. The Kier molecular flexibility index (Phi) is 6.65. The minimum Gasteiger partial charge on any atom is -0.478 e. The lowest BCUT2D eigenvalue weighted by Gasteiger charge is -2.56. The second-order valence-electron chi connectivity index (χ2n) is 14.0. The van der Waals surface area contributed by atoms with E-state index >= 15 is 0 Å². The van der Waals surface area contributed by atoms with Crippen molar-refractivity contribution in [3.8, 4) is 11.1 Å². The van der Waals surface area contributed by atoms with Gasteiger partial charge in [-0.25, -0.2) is 14.8 Å². The number of pyridine rings is 2. The number of hydrogen-bond acceptors (Lipinski definition) is 8. The molecule has 4 bridgehead atoms. The molecular formula is C36H34N8O3S. The van der Waals surface area contributed by atoms with Crippen LogP contribution in [0.1, 0.15) is 64.9 Å². The molecule has 4 saturated carbocycles. The van der Waals surface area contributed by atoms with Crippen LogP contribution in [0, 0.1) is 30.1 Å². The summed E-state index contributed by atoms with van der Waals surface area (Å²) in [5.74, 6) is 1.64. The Balaban J connectivity index is 1.01. The molecule has 0 spiro atoms. The van der Waals surface area contributed by atoms with Crippen molar-refractivity contribution in [2.24, 2.45) is 23.2 Å². The van der Waals surface area contributed by atoms with E-state index in [0.29, 0.717) is 38.8 Å². The standard InChI is InChI=1S/C36H34N8O3S/c1-20-26(16-39-44(20)19-36-13-21-10-22(14-36)12-23(11-21)15-36)24-7-9-43-30(18-38-32(43)31(24)34(46)47)40-28-17-37-8-6-25(28)33(45)42-35-41-27-4-2-3-5-29(27)48-35/h2-9,16-18,21-23,40H,10-15,19H2,1H3,(H,46,47)(H,41,42,45). The van der Waals surface area contributed by atoms with E-state index in [4.69, 9.17) is 5.10 Å². The molecule has 0 radical (unpaired) electrons. The van der Waals surface area contributed by atoms with Gasteiger partial charge in [0.05, 0.1) is 40.1 Å². The van der Waals surface area contributed by atoms with Crippen LogP contribution in [0.15, 0.2) is 67.4 Å². The molecule has 1 amide bonds. The molecule has 12 heteroatoms. The maximum Gasteiger partial charge on any atom is 0.340 e. The zero-order valence-electron chi connectivity index (χ0n) is 26.4. The highest BCUT2D eigenvalue weighted by Crippen LogP contribution is 2.60. The molecule has 0 unspecified atom stereocenters. The summed E-state index contributed by atoms with van der Waals surface area (Å²) >= 11 is 1.40. The van der Waals surface area contributed by atoms with Crippen molar-refractivity contribution in [1.82, 2.24) is 29.1 Å². The van der Waals surface area contributed by atoms with Gasteiger partial charge in [0.15, 0.2) is 10.8 Å². The van der Waals surface area contributed by atoms with Crippen molar-refractivity contribution >= 4 is 55.7 Å². The van der Waals surface area contributed by atoms with E-state index in [1.165, 1.54) is 49.9 Å². The highest BCUT2D eigenvalue weighted by atomic mass is 32.1. The Morgan fingerprint density at radius 1 is 1.00 bits per heavy atom. The van der Waals surface area contributed by atoms with Gasteiger partial charge in [-0.05, 0) is 92.9 Å². The molecule has 48 heavy (non-hydrogen) atoms. The van der Waals surface area contributed by atoms with E-state index in [1.807, 2.05) is 43.5 Å². The number of nitrogens with zero attached hydrogens (tertiary/aromatic N) is 6. The maximum atomic E-state index is 13.4. The highest BCUT2D eigenvalue weighted by Gasteiger charge is 2.51. The van der Waals surface area contributed by atoms with E-state index in [9.17, 15) is 14.7 Å². The lowest BCUT2D eigenvalue weighted by molar-refractivity contribution is -0.0638. The number of carbonyl (C=O) groups excluding carboxylic acids is 1. The number of hydrogen-bond donors (Lipinski definition) is 3. The molecule has 6 aromatic rings. The van der Waals surface area contributed by atoms with Crippen molar-refractivity contribution in [3.63, 3.8) is 0 Å². The number of thiazole rings is 1. The number of amides is 1. The van der Waals surface area contributed by atoms with Gasteiger partial charge in [0.2, 0.25) is 0 Å². The fraction of sp³-hybridized carbons (Fsp3) is 0.333. The smallest absolute Gasteiger partial charge is 0.340 e. The second-order valence-corrected chi connectivity index (χ2v) is 15.0. The lowest BCUT2D eigenvalue weighted by Crippen LogP contribution is -2.48. The Morgan fingerprint density at radius 3 is 2.52 bits per heavy atom. The van der Waals surface area contributed by atoms with Crippen LogP contribution in [0.5, 0.6) is 0 Å². The van der Waals surface area contributed by atoms with Gasteiger partial charge >= 0.3 is 5.97 Å². The first-order valence-corrected chi connectivity index (χ1v) is 17.3. The summed E-state index contributed by atoms with van der Waals surface area (Å²) in [6, 6.07) is 11.1. The van der Waals surface area contributed by atoms with Crippen molar-refractivity contribution in [2.75, 3.05) is 10.6 Å². The molecule has 4 fully saturated rings. The Morgan fingerprint density at radius 2 is 1.77 bits per heavy atom. The lowest BCUT2D eigenvalue weighted by atomic mass is 9.49. The topological polar surface area (TPSA) is 139 Å². The zero-order chi connectivity index (χ0) is 32.6. The molecule has 1 aromatic carbocycles. The monoisotopic (exact) mass is 658 g/mol. The molecule has 11 nitrogen and oxygen atoms in total. The Bertz CT molecular complexity index is 2180. The van der Waals surface area contributed by atoms with Crippen LogP contribution < -0.4 is 10.6 Å². The largest absolute Gasteiger partial charge is 0.478 e. The Hall–Kier alpha value is -5.10. The number of benzene rings is 1. The molecular weight excluding hydrogens is 625 g/mol. The minimum atomic E-state index is -1.07. The third-order valence-corrected chi connectivity index (χ3v) is 11.7. The van der Waals surface area contributed by atoms with Crippen LogP contribution in [0.25, 0.3) is 27.0 Å². The van der Waals surface area contributed by atoms with Crippen LogP contribution in [-0.4, -0.2) is 46.1 Å². The van der Waals surface area contributed by atoms with Gasteiger partial charge in [0, 0.05) is 35.8 Å². The summed E-state index contributed by atoms with van der Waals surface area (Å²) < 4.78 is 4.77. The first kappa shape index (κ1) is 29.1. The summed E-state index contributed by atoms with van der Waals surface area (Å²) in [6.07, 6.45) is 16.3. The van der Waals surface area contributed by atoms with E-state index in [0.717, 1.165) is 45.8 Å². The predicted octanol–water partition coefficient (Wildman–Crippen LogP) is 7.42. The zero-order valence-corrected chi connectivity index (χ0v) is 27.2. The highest BCUT2D eigenvalue weighted by molar-refractivity contribution is 7.22. The summed E-state index contributed by atoms with van der Waals surface area (Å²) in [5, 5.41) is 21.9.